The minimum absolute atomic E-state index is 0.0984. The quantitative estimate of drug-likeness (QED) is 0.726. The average molecular weight is 381 g/mol. The van der Waals surface area contributed by atoms with Crippen LogP contribution >= 0.6 is 11.8 Å². The highest BCUT2D eigenvalue weighted by Crippen LogP contribution is 2.33. The first-order valence-corrected chi connectivity index (χ1v) is 9.79. The van der Waals surface area contributed by atoms with Crippen LogP contribution in [0.15, 0.2) is 58.4 Å². The molecule has 2 fully saturated rings. The molecule has 4 nitrogen and oxygen atoms in total. The zero-order chi connectivity index (χ0) is 18.8. The fraction of sp³-hybridized carbons (Fsp3) is 0.238. The molecule has 0 bridgehead atoms. The molecule has 0 spiro atoms. The average Bonchev–Trinajstić information content (AvgIpc) is 3.28. The van der Waals surface area contributed by atoms with Crippen LogP contribution in [0.5, 0.6) is 0 Å². The van der Waals surface area contributed by atoms with Crippen LogP contribution in [-0.2, 0) is 4.79 Å². The standard InChI is InChI=1S/C21H20FN3OS/c1-24-20(26)19(27-21(24)23-17-6-4-5-16(22)14-17)13-15-7-9-18(10-8-15)25-11-2-3-12-25/h4-10,13-14H,2-3,11-12H2,1H3/b19-13-,23-21?. The van der Waals surface area contributed by atoms with E-state index in [1.54, 1.807) is 19.2 Å². The van der Waals surface area contributed by atoms with Crippen molar-refractivity contribution in [3.05, 3.63) is 64.8 Å². The summed E-state index contributed by atoms with van der Waals surface area (Å²) < 4.78 is 13.4. The molecule has 0 radical (unpaired) electrons. The molecule has 2 saturated heterocycles. The molecule has 6 heteroatoms. The van der Waals surface area contributed by atoms with Crippen LogP contribution in [0.25, 0.3) is 6.08 Å². The summed E-state index contributed by atoms with van der Waals surface area (Å²) in [5.41, 5.74) is 2.70. The first-order valence-electron chi connectivity index (χ1n) is 8.97. The fourth-order valence-corrected chi connectivity index (χ4v) is 4.20. The van der Waals surface area contributed by atoms with E-state index in [2.05, 4.69) is 22.0 Å². The van der Waals surface area contributed by atoms with Crippen molar-refractivity contribution in [3.63, 3.8) is 0 Å². The number of amidine groups is 1. The van der Waals surface area contributed by atoms with Gasteiger partial charge in [-0.2, -0.15) is 0 Å². The van der Waals surface area contributed by atoms with Crippen molar-refractivity contribution in [2.45, 2.75) is 12.8 Å². The Morgan fingerprint density at radius 2 is 1.85 bits per heavy atom. The normalized spacial score (nSPS) is 20.3. The Hall–Kier alpha value is -2.60. The molecular weight excluding hydrogens is 361 g/mol. The molecule has 0 aliphatic carbocycles. The van der Waals surface area contributed by atoms with Crippen LogP contribution in [-0.4, -0.2) is 36.1 Å². The minimum atomic E-state index is -0.345. The van der Waals surface area contributed by atoms with Crippen LogP contribution in [0.1, 0.15) is 18.4 Å². The zero-order valence-electron chi connectivity index (χ0n) is 15.1. The number of thioether (sulfide) groups is 1. The molecule has 0 saturated carbocycles. The number of rotatable bonds is 3. The maximum absolute atomic E-state index is 13.4. The number of hydrogen-bond acceptors (Lipinski definition) is 4. The largest absolute Gasteiger partial charge is 0.372 e. The van der Waals surface area contributed by atoms with Gasteiger partial charge >= 0.3 is 0 Å². The zero-order valence-corrected chi connectivity index (χ0v) is 15.9. The third-order valence-electron chi connectivity index (χ3n) is 4.70. The maximum Gasteiger partial charge on any atom is 0.266 e. The summed E-state index contributed by atoms with van der Waals surface area (Å²) in [6.07, 6.45) is 4.37. The number of carbonyl (C=O) groups excluding carboxylic acids is 1. The Morgan fingerprint density at radius 3 is 2.56 bits per heavy atom. The maximum atomic E-state index is 13.4. The van der Waals surface area contributed by atoms with Crippen molar-refractivity contribution in [1.29, 1.82) is 0 Å². The molecule has 2 aromatic rings. The van der Waals surface area contributed by atoms with Gasteiger partial charge in [-0.3, -0.25) is 9.69 Å². The van der Waals surface area contributed by atoms with Gasteiger partial charge in [0.05, 0.1) is 10.6 Å². The lowest BCUT2D eigenvalue weighted by Gasteiger charge is -2.17. The van der Waals surface area contributed by atoms with Gasteiger partial charge in [0, 0.05) is 25.8 Å². The first kappa shape index (κ1) is 17.8. The van der Waals surface area contributed by atoms with E-state index in [0.717, 1.165) is 18.7 Å². The van der Waals surface area contributed by atoms with E-state index >= 15 is 0 Å². The van der Waals surface area contributed by atoms with Gasteiger partial charge in [-0.05, 0) is 66.6 Å². The number of hydrogen-bond donors (Lipinski definition) is 0. The molecule has 138 valence electrons. The van der Waals surface area contributed by atoms with Gasteiger partial charge in [0.15, 0.2) is 5.17 Å². The third-order valence-corrected chi connectivity index (χ3v) is 5.76. The van der Waals surface area contributed by atoms with Crippen LogP contribution in [0.2, 0.25) is 0 Å². The Labute approximate surface area is 162 Å². The second-order valence-corrected chi connectivity index (χ2v) is 7.64. The number of nitrogens with zero attached hydrogens (tertiary/aromatic N) is 3. The molecule has 2 aliphatic heterocycles. The van der Waals surface area contributed by atoms with E-state index in [0.29, 0.717) is 15.8 Å². The molecule has 2 aliphatic rings. The third kappa shape index (κ3) is 3.90. The summed E-state index contributed by atoms with van der Waals surface area (Å²) in [6, 6.07) is 14.3. The van der Waals surface area contributed by atoms with Crippen molar-refractivity contribution in [2.75, 3.05) is 25.0 Å². The number of anilines is 1. The van der Waals surface area contributed by atoms with Gasteiger partial charge in [0.2, 0.25) is 0 Å². The molecule has 2 aromatic carbocycles. The molecular formula is C21H20FN3OS. The fourth-order valence-electron chi connectivity index (χ4n) is 3.22. The van der Waals surface area contributed by atoms with Gasteiger partial charge in [-0.25, -0.2) is 9.38 Å². The van der Waals surface area contributed by atoms with E-state index < -0.39 is 0 Å². The predicted molar refractivity (Wildman–Crippen MR) is 110 cm³/mol. The van der Waals surface area contributed by atoms with Gasteiger partial charge in [-0.15, -0.1) is 0 Å². The second-order valence-electron chi connectivity index (χ2n) is 6.63. The lowest BCUT2D eigenvalue weighted by atomic mass is 10.2. The van der Waals surface area contributed by atoms with Gasteiger partial charge in [0.25, 0.3) is 5.91 Å². The Morgan fingerprint density at radius 1 is 1.11 bits per heavy atom. The summed E-state index contributed by atoms with van der Waals surface area (Å²) in [6.45, 7) is 2.22. The Kier molecular flexibility index (Phi) is 4.99. The van der Waals surface area contributed by atoms with Crippen molar-refractivity contribution >= 4 is 40.3 Å². The number of aliphatic imine (C=N–C) groups is 1. The summed E-state index contributed by atoms with van der Waals surface area (Å²) in [5, 5.41) is 0.547. The van der Waals surface area contributed by atoms with Crippen LogP contribution < -0.4 is 4.90 Å². The summed E-state index contributed by atoms with van der Waals surface area (Å²) in [7, 11) is 1.69. The van der Waals surface area contributed by atoms with Crippen molar-refractivity contribution in [3.8, 4) is 0 Å². The van der Waals surface area contributed by atoms with E-state index in [1.165, 1.54) is 47.3 Å². The lowest BCUT2D eigenvalue weighted by molar-refractivity contribution is -0.121. The number of amides is 1. The van der Waals surface area contributed by atoms with Crippen LogP contribution in [0.4, 0.5) is 15.8 Å². The van der Waals surface area contributed by atoms with Crippen LogP contribution in [0, 0.1) is 5.82 Å². The summed E-state index contributed by atoms with van der Waals surface area (Å²) in [5.74, 6) is -0.443. The molecule has 0 aromatic heterocycles. The van der Waals surface area contributed by atoms with E-state index in [4.69, 9.17) is 0 Å². The number of carbonyl (C=O) groups is 1. The molecule has 0 N–H and O–H groups in total. The van der Waals surface area contributed by atoms with E-state index in [1.807, 2.05) is 18.2 Å². The Bertz CT molecular complexity index is 917. The Balaban J connectivity index is 1.54. The van der Waals surface area contributed by atoms with Gasteiger partial charge < -0.3 is 4.90 Å². The first-order chi connectivity index (χ1) is 13.1. The van der Waals surface area contributed by atoms with Crippen molar-refractivity contribution in [1.82, 2.24) is 4.90 Å². The van der Waals surface area contributed by atoms with Crippen LogP contribution in [0.3, 0.4) is 0 Å². The van der Waals surface area contributed by atoms with Crippen molar-refractivity contribution < 1.29 is 9.18 Å². The number of benzene rings is 2. The van der Waals surface area contributed by atoms with Gasteiger partial charge in [-0.1, -0.05) is 18.2 Å². The predicted octanol–water partition coefficient (Wildman–Crippen LogP) is 4.66. The molecule has 2 heterocycles. The highest BCUT2D eigenvalue weighted by Gasteiger charge is 2.30. The summed E-state index contributed by atoms with van der Waals surface area (Å²) in [4.78, 5) is 21.4. The highest BCUT2D eigenvalue weighted by atomic mass is 32.2. The monoisotopic (exact) mass is 381 g/mol. The molecule has 4 rings (SSSR count). The van der Waals surface area contributed by atoms with Gasteiger partial charge in [0.1, 0.15) is 5.82 Å². The van der Waals surface area contributed by atoms with Crippen molar-refractivity contribution in [2.24, 2.45) is 4.99 Å². The molecule has 0 atom stereocenters. The smallest absolute Gasteiger partial charge is 0.266 e. The molecule has 1 amide bonds. The minimum Gasteiger partial charge on any atom is -0.372 e. The van der Waals surface area contributed by atoms with E-state index in [9.17, 15) is 9.18 Å². The number of halogens is 1. The van der Waals surface area contributed by atoms with E-state index in [-0.39, 0.29) is 11.7 Å². The second kappa shape index (κ2) is 7.56. The SMILES string of the molecule is CN1C(=O)/C(=C/c2ccc(N3CCCC3)cc2)SC1=Nc1cccc(F)c1. The lowest BCUT2D eigenvalue weighted by Crippen LogP contribution is -2.23. The summed E-state index contributed by atoms with van der Waals surface area (Å²) >= 11 is 1.31. The topological polar surface area (TPSA) is 35.9 Å². The molecule has 0 unspecified atom stereocenters. The highest BCUT2D eigenvalue weighted by molar-refractivity contribution is 8.18. The number of likely N-dealkylation sites (N-methyl/N-ethyl adjacent to an activating group) is 1. The molecule has 27 heavy (non-hydrogen) atoms.